The molecular formula is C13H14N2O2. The number of nitrogens with zero attached hydrogens (tertiary/aromatic N) is 2. The van der Waals surface area contributed by atoms with E-state index in [1.165, 1.54) is 0 Å². The van der Waals surface area contributed by atoms with E-state index < -0.39 is 0 Å². The highest BCUT2D eigenvalue weighted by atomic mass is 16.3. The first-order valence-corrected chi connectivity index (χ1v) is 5.82. The molecule has 0 saturated heterocycles. The number of hydrogen-bond acceptors (Lipinski definition) is 3. The molecule has 0 spiro atoms. The summed E-state index contributed by atoms with van der Waals surface area (Å²) in [5.41, 5.74) is 2.60. The van der Waals surface area contributed by atoms with Gasteiger partial charge in [0.2, 0.25) is 0 Å². The SMILES string of the molecule is CC1CCC(=O)c2c1c(-c1ccco1)nn2C. The maximum atomic E-state index is 11.9. The summed E-state index contributed by atoms with van der Waals surface area (Å²) in [6.07, 6.45) is 3.14. The van der Waals surface area contributed by atoms with E-state index in [2.05, 4.69) is 12.0 Å². The first kappa shape index (κ1) is 10.3. The molecule has 2 aromatic heterocycles. The summed E-state index contributed by atoms with van der Waals surface area (Å²) in [5.74, 6) is 1.28. The number of carbonyl (C=O) groups is 1. The second-order valence-electron chi connectivity index (χ2n) is 4.57. The molecule has 0 aromatic carbocycles. The van der Waals surface area contributed by atoms with Crippen LogP contribution in [0.25, 0.3) is 11.5 Å². The Bertz CT molecular complexity index is 567. The average molecular weight is 230 g/mol. The summed E-state index contributed by atoms with van der Waals surface area (Å²) in [5, 5.41) is 4.44. The molecule has 4 nitrogen and oxygen atoms in total. The largest absolute Gasteiger partial charge is 0.463 e. The number of Topliss-reactive ketones (excluding diaryl/α,β-unsaturated/α-hetero) is 1. The molecule has 17 heavy (non-hydrogen) atoms. The molecule has 2 heterocycles. The first-order chi connectivity index (χ1) is 8.18. The number of aromatic nitrogens is 2. The highest BCUT2D eigenvalue weighted by Gasteiger charge is 2.31. The van der Waals surface area contributed by atoms with Crippen LogP contribution in [0, 0.1) is 0 Å². The summed E-state index contributed by atoms with van der Waals surface area (Å²) in [4.78, 5) is 11.9. The fraction of sp³-hybridized carbons (Fsp3) is 0.385. The van der Waals surface area contributed by atoms with Gasteiger partial charge in [-0.2, -0.15) is 5.10 Å². The molecule has 0 saturated carbocycles. The summed E-state index contributed by atoms with van der Waals surface area (Å²) in [7, 11) is 1.82. The van der Waals surface area contributed by atoms with Crippen LogP contribution in [-0.2, 0) is 7.05 Å². The van der Waals surface area contributed by atoms with Crippen LogP contribution < -0.4 is 0 Å². The van der Waals surface area contributed by atoms with Crippen molar-refractivity contribution in [2.45, 2.75) is 25.7 Å². The van der Waals surface area contributed by atoms with E-state index in [0.717, 1.165) is 29.1 Å². The molecule has 0 radical (unpaired) electrons. The Balaban J connectivity index is 2.25. The minimum absolute atomic E-state index is 0.186. The Hall–Kier alpha value is -1.84. The third kappa shape index (κ3) is 1.44. The average Bonchev–Trinajstić information content (AvgIpc) is 2.91. The Kier molecular flexibility index (Phi) is 2.18. The fourth-order valence-corrected chi connectivity index (χ4v) is 2.54. The van der Waals surface area contributed by atoms with Crippen LogP contribution in [0.4, 0.5) is 0 Å². The quantitative estimate of drug-likeness (QED) is 0.756. The monoisotopic (exact) mass is 230 g/mol. The molecular weight excluding hydrogens is 216 g/mol. The van der Waals surface area contributed by atoms with Gasteiger partial charge in [0.1, 0.15) is 11.4 Å². The second-order valence-corrected chi connectivity index (χ2v) is 4.57. The lowest BCUT2D eigenvalue weighted by atomic mass is 9.85. The molecule has 0 N–H and O–H groups in total. The normalized spacial score (nSPS) is 19.4. The standard InChI is InChI=1S/C13H14N2O2/c1-8-5-6-9(16)13-11(8)12(14-15(13)2)10-4-3-7-17-10/h3-4,7-8H,5-6H2,1-2H3. The van der Waals surface area contributed by atoms with Gasteiger partial charge >= 0.3 is 0 Å². The van der Waals surface area contributed by atoms with Crippen molar-refractivity contribution in [1.29, 1.82) is 0 Å². The van der Waals surface area contributed by atoms with Crippen LogP contribution in [0.2, 0.25) is 0 Å². The minimum Gasteiger partial charge on any atom is -0.463 e. The highest BCUT2D eigenvalue weighted by molar-refractivity contribution is 5.98. The van der Waals surface area contributed by atoms with Crippen molar-refractivity contribution in [3.63, 3.8) is 0 Å². The molecule has 1 unspecified atom stereocenters. The smallest absolute Gasteiger partial charge is 0.181 e. The zero-order valence-electron chi connectivity index (χ0n) is 9.93. The molecule has 0 aliphatic heterocycles. The van der Waals surface area contributed by atoms with Gasteiger partial charge in [0.25, 0.3) is 0 Å². The van der Waals surface area contributed by atoms with Gasteiger partial charge in [0.05, 0.1) is 6.26 Å². The number of fused-ring (bicyclic) bond motifs is 1. The molecule has 1 atom stereocenters. The first-order valence-electron chi connectivity index (χ1n) is 5.82. The Morgan fingerprint density at radius 2 is 2.35 bits per heavy atom. The van der Waals surface area contributed by atoms with Crippen molar-refractivity contribution in [1.82, 2.24) is 9.78 Å². The Morgan fingerprint density at radius 1 is 1.53 bits per heavy atom. The molecule has 88 valence electrons. The third-order valence-corrected chi connectivity index (χ3v) is 3.40. The van der Waals surface area contributed by atoms with Crippen LogP contribution in [-0.4, -0.2) is 15.6 Å². The van der Waals surface area contributed by atoms with E-state index in [1.807, 2.05) is 19.2 Å². The summed E-state index contributed by atoms with van der Waals surface area (Å²) in [6.45, 7) is 2.14. The van der Waals surface area contributed by atoms with Gasteiger partial charge in [-0.15, -0.1) is 0 Å². The zero-order chi connectivity index (χ0) is 12.0. The molecule has 0 amide bonds. The lowest BCUT2D eigenvalue weighted by Gasteiger charge is -2.18. The molecule has 4 heteroatoms. The van der Waals surface area contributed by atoms with E-state index in [4.69, 9.17) is 4.42 Å². The van der Waals surface area contributed by atoms with Gasteiger partial charge < -0.3 is 4.42 Å². The van der Waals surface area contributed by atoms with E-state index in [9.17, 15) is 4.79 Å². The summed E-state index contributed by atoms with van der Waals surface area (Å²) in [6, 6.07) is 3.72. The van der Waals surface area contributed by atoms with E-state index >= 15 is 0 Å². The number of rotatable bonds is 1. The Labute approximate surface area is 99.2 Å². The molecule has 1 aliphatic carbocycles. The predicted octanol–water partition coefficient (Wildman–Crippen LogP) is 2.76. The van der Waals surface area contributed by atoms with Gasteiger partial charge in [-0.05, 0) is 24.5 Å². The van der Waals surface area contributed by atoms with E-state index in [-0.39, 0.29) is 5.78 Å². The predicted molar refractivity (Wildman–Crippen MR) is 62.9 cm³/mol. The van der Waals surface area contributed by atoms with Gasteiger partial charge in [-0.1, -0.05) is 6.92 Å². The lowest BCUT2D eigenvalue weighted by molar-refractivity contribution is 0.0958. The lowest BCUT2D eigenvalue weighted by Crippen LogP contribution is -2.16. The van der Waals surface area contributed by atoms with Crippen molar-refractivity contribution in [3.8, 4) is 11.5 Å². The second kappa shape index (κ2) is 3.58. The van der Waals surface area contributed by atoms with Crippen LogP contribution in [0.3, 0.4) is 0 Å². The summed E-state index contributed by atoms with van der Waals surface area (Å²) >= 11 is 0. The third-order valence-electron chi connectivity index (χ3n) is 3.40. The number of hydrogen-bond donors (Lipinski definition) is 0. The fourth-order valence-electron chi connectivity index (χ4n) is 2.54. The molecule has 2 aromatic rings. The molecule has 0 fully saturated rings. The minimum atomic E-state index is 0.186. The number of carbonyl (C=O) groups excluding carboxylic acids is 1. The van der Waals surface area contributed by atoms with Gasteiger partial charge in [-0.3, -0.25) is 9.48 Å². The van der Waals surface area contributed by atoms with Gasteiger partial charge in [0, 0.05) is 19.0 Å². The zero-order valence-corrected chi connectivity index (χ0v) is 9.93. The summed E-state index contributed by atoms with van der Waals surface area (Å²) < 4.78 is 7.08. The van der Waals surface area contributed by atoms with Crippen molar-refractivity contribution < 1.29 is 9.21 Å². The highest BCUT2D eigenvalue weighted by Crippen LogP contribution is 2.37. The van der Waals surface area contributed by atoms with Crippen molar-refractivity contribution in [2.24, 2.45) is 7.05 Å². The van der Waals surface area contributed by atoms with Crippen LogP contribution in [0.1, 0.15) is 41.7 Å². The Morgan fingerprint density at radius 3 is 3.06 bits per heavy atom. The van der Waals surface area contributed by atoms with Crippen LogP contribution >= 0.6 is 0 Å². The van der Waals surface area contributed by atoms with Gasteiger partial charge in [-0.25, -0.2) is 0 Å². The molecule has 3 rings (SSSR count). The van der Waals surface area contributed by atoms with Crippen LogP contribution in [0.5, 0.6) is 0 Å². The number of ketones is 1. The van der Waals surface area contributed by atoms with Crippen molar-refractivity contribution >= 4 is 5.78 Å². The maximum Gasteiger partial charge on any atom is 0.181 e. The van der Waals surface area contributed by atoms with Crippen LogP contribution in [0.15, 0.2) is 22.8 Å². The van der Waals surface area contributed by atoms with E-state index in [1.54, 1.807) is 10.9 Å². The molecule has 0 bridgehead atoms. The van der Waals surface area contributed by atoms with Crippen molar-refractivity contribution in [3.05, 3.63) is 29.7 Å². The van der Waals surface area contributed by atoms with Gasteiger partial charge in [0.15, 0.2) is 11.5 Å². The topological polar surface area (TPSA) is 48.0 Å². The maximum absolute atomic E-state index is 11.9. The molecule has 1 aliphatic rings. The van der Waals surface area contributed by atoms with E-state index in [0.29, 0.717) is 12.3 Å². The van der Waals surface area contributed by atoms with Crippen molar-refractivity contribution in [2.75, 3.05) is 0 Å². The number of furan rings is 1. The number of aryl methyl sites for hydroxylation is 1.